The minimum atomic E-state index is -0.982. The Balaban J connectivity index is 2.13. The zero-order valence-corrected chi connectivity index (χ0v) is 9.61. The molecule has 7 nitrogen and oxygen atoms in total. The van der Waals surface area contributed by atoms with E-state index in [4.69, 9.17) is 14.6 Å². The monoisotopic (exact) mass is 249 g/mol. The van der Waals surface area contributed by atoms with Gasteiger partial charge in [0.15, 0.2) is 0 Å². The number of carbonyl (C=O) groups is 1. The van der Waals surface area contributed by atoms with Gasteiger partial charge in [-0.15, -0.1) is 0 Å². The van der Waals surface area contributed by atoms with E-state index in [9.17, 15) is 4.79 Å². The lowest BCUT2D eigenvalue weighted by atomic mass is 10.2. The summed E-state index contributed by atoms with van der Waals surface area (Å²) in [5.41, 5.74) is 0.195. The lowest BCUT2D eigenvalue weighted by Gasteiger charge is -2.06. The molecule has 0 saturated heterocycles. The number of ether oxygens (including phenoxy) is 2. The molecule has 94 valence electrons. The molecule has 0 fully saturated rings. The minimum absolute atomic E-state index is 0.195. The van der Waals surface area contributed by atoms with Crippen LogP contribution in [0.4, 0.5) is 0 Å². The fraction of sp³-hybridized carbons (Fsp3) is 0.182. The average molecular weight is 249 g/mol. The Kier molecular flexibility index (Phi) is 3.54. The summed E-state index contributed by atoms with van der Waals surface area (Å²) in [4.78, 5) is 14.6. The van der Waals surface area contributed by atoms with Gasteiger partial charge in [-0.05, 0) is 24.3 Å². The molecule has 0 atom stereocenters. The van der Waals surface area contributed by atoms with Crippen molar-refractivity contribution in [1.29, 1.82) is 0 Å². The van der Waals surface area contributed by atoms with Gasteiger partial charge in [-0.2, -0.15) is 14.8 Å². The summed E-state index contributed by atoms with van der Waals surface area (Å²) in [6.45, 7) is 0.225. The van der Waals surface area contributed by atoms with E-state index in [2.05, 4.69) is 10.1 Å². The molecule has 0 amide bonds. The van der Waals surface area contributed by atoms with Crippen molar-refractivity contribution >= 4 is 5.97 Å². The van der Waals surface area contributed by atoms with E-state index in [0.717, 1.165) is 0 Å². The molecule has 18 heavy (non-hydrogen) atoms. The van der Waals surface area contributed by atoms with Crippen LogP contribution in [0.1, 0.15) is 10.4 Å². The van der Waals surface area contributed by atoms with Gasteiger partial charge in [0.05, 0.1) is 5.56 Å². The quantitative estimate of drug-likeness (QED) is 0.861. The lowest BCUT2D eigenvalue weighted by molar-refractivity contribution is 0.0697. The molecule has 0 bridgehead atoms. The number of aromatic carboxylic acids is 1. The van der Waals surface area contributed by atoms with Gasteiger partial charge in [-0.3, -0.25) is 0 Å². The Morgan fingerprint density at radius 3 is 2.72 bits per heavy atom. The highest BCUT2D eigenvalue weighted by Gasteiger charge is 2.07. The molecular formula is C11H11N3O4. The number of hydrogen-bond acceptors (Lipinski definition) is 5. The van der Waals surface area contributed by atoms with Crippen molar-refractivity contribution in [2.75, 3.05) is 7.11 Å². The Hall–Kier alpha value is -2.41. The number of carboxylic acid groups (broad SMARTS) is 1. The number of benzene rings is 1. The van der Waals surface area contributed by atoms with Gasteiger partial charge < -0.3 is 14.6 Å². The average Bonchev–Trinajstić information content (AvgIpc) is 2.78. The van der Waals surface area contributed by atoms with Crippen LogP contribution in [0, 0.1) is 0 Å². The first kappa shape index (κ1) is 12.1. The SMILES string of the molecule is COCn1ncnc1Oc1ccc(C(=O)O)cc1. The van der Waals surface area contributed by atoms with Crippen molar-refractivity contribution < 1.29 is 19.4 Å². The molecule has 0 aliphatic rings. The van der Waals surface area contributed by atoms with Crippen molar-refractivity contribution in [2.24, 2.45) is 0 Å². The van der Waals surface area contributed by atoms with E-state index in [1.54, 1.807) is 12.1 Å². The highest BCUT2D eigenvalue weighted by atomic mass is 16.5. The van der Waals surface area contributed by atoms with Crippen LogP contribution in [-0.4, -0.2) is 33.0 Å². The van der Waals surface area contributed by atoms with Gasteiger partial charge in [0, 0.05) is 7.11 Å². The van der Waals surface area contributed by atoms with Crippen molar-refractivity contribution in [3.63, 3.8) is 0 Å². The van der Waals surface area contributed by atoms with Gasteiger partial charge in [0.2, 0.25) is 0 Å². The number of carboxylic acids is 1. The third-order valence-electron chi connectivity index (χ3n) is 2.14. The minimum Gasteiger partial charge on any atom is -0.478 e. The van der Waals surface area contributed by atoms with E-state index < -0.39 is 5.97 Å². The third kappa shape index (κ3) is 2.64. The van der Waals surface area contributed by atoms with Crippen molar-refractivity contribution in [1.82, 2.24) is 14.8 Å². The predicted molar refractivity (Wildman–Crippen MR) is 60.5 cm³/mol. The number of nitrogens with zero attached hydrogens (tertiary/aromatic N) is 3. The summed E-state index contributed by atoms with van der Waals surface area (Å²) in [5, 5.41) is 12.7. The van der Waals surface area contributed by atoms with Crippen LogP contribution in [-0.2, 0) is 11.5 Å². The molecule has 1 aromatic carbocycles. The smallest absolute Gasteiger partial charge is 0.335 e. The van der Waals surface area contributed by atoms with Crippen LogP contribution >= 0.6 is 0 Å². The van der Waals surface area contributed by atoms with Crippen molar-refractivity contribution in [3.8, 4) is 11.8 Å². The normalized spacial score (nSPS) is 10.3. The van der Waals surface area contributed by atoms with Crippen LogP contribution in [0.15, 0.2) is 30.6 Å². The zero-order valence-electron chi connectivity index (χ0n) is 9.61. The molecule has 0 aliphatic heterocycles. The van der Waals surface area contributed by atoms with Gasteiger partial charge in [0.1, 0.15) is 18.8 Å². The Labute approximate surface area is 103 Å². The highest BCUT2D eigenvalue weighted by Crippen LogP contribution is 2.19. The van der Waals surface area contributed by atoms with Crippen LogP contribution in [0.5, 0.6) is 11.8 Å². The summed E-state index contributed by atoms with van der Waals surface area (Å²) in [6, 6.07) is 6.29. The molecule has 7 heteroatoms. The molecule has 1 aromatic heterocycles. The first-order valence-corrected chi connectivity index (χ1v) is 5.08. The first-order valence-electron chi connectivity index (χ1n) is 5.08. The van der Waals surface area contributed by atoms with E-state index in [0.29, 0.717) is 5.75 Å². The van der Waals surface area contributed by atoms with E-state index >= 15 is 0 Å². The predicted octanol–water partition coefficient (Wildman–Crippen LogP) is 1.37. The van der Waals surface area contributed by atoms with Gasteiger partial charge in [0.25, 0.3) is 0 Å². The summed E-state index contributed by atoms with van der Waals surface area (Å²) in [7, 11) is 1.53. The summed E-state index contributed by atoms with van der Waals surface area (Å²) >= 11 is 0. The topological polar surface area (TPSA) is 86.5 Å². The second-order valence-electron chi connectivity index (χ2n) is 3.39. The molecule has 0 spiro atoms. The Morgan fingerprint density at radius 1 is 1.39 bits per heavy atom. The number of rotatable bonds is 5. The molecule has 0 aliphatic carbocycles. The molecule has 0 saturated carbocycles. The fourth-order valence-corrected chi connectivity index (χ4v) is 1.31. The zero-order chi connectivity index (χ0) is 13.0. The maximum atomic E-state index is 10.7. The van der Waals surface area contributed by atoms with E-state index in [1.807, 2.05) is 0 Å². The second-order valence-corrected chi connectivity index (χ2v) is 3.39. The van der Waals surface area contributed by atoms with Crippen LogP contribution < -0.4 is 4.74 Å². The number of methoxy groups -OCH3 is 1. The van der Waals surface area contributed by atoms with Crippen LogP contribution in [0.3, 0.4) is 0 Å². The van der Waals surface area contributed by atoms with Crippen LogP contribution in [0.25, 0.3) is 0 Å². The Bertz CT molecular complexity index is 535. The summed E-state index contributed by atoms with van der Waals surface area (Å²) in [5.74, 6) is -0.505. The maximum Gasteiger partial charge on any atom is 0.335 e. The Morgan fingerprint density at radius 2 is 2.11 bits per heavy atom. The molecule has 0 radical (unpaired) electrons. The first-order chi connectivity index (χ1) is 8.70. The van der Waals surface area contributed by atoms with Gasteiger partial charge >= 0.3 is 12.0 Å². The van der Waals surface area contributed by atoms with Crippen LogP contribution in [0.2, 0.25) is 0 Å². The molecule has 2 rings (SSSR count). The summed E-state index contributed by atoms with van der Waals surface area (Å²) in [6.07, 6.45) is 1.35. The van der Waals surface area contributed by atoms with Crippen molar-refractivity contribution in [3.05, 3.63) is 36.2 Å². The molecule has 0 unspecified atom stereocenters. The molecule has 2 aromatic rings. The van der Waals surface area contributed by atoms with E-state index in [-0.39, 0.29) is 18.3 Å². The highest BCUT2D eigenvalue weighted by molar-refractivity contribution is 5.87. The van der Waals surface area contributed by atoms with Gasteiger partial charge in [-0.1, -0.05) is 0 Å². The third-order valence-corrected chi connectivity index (χ3v) is 2.14. The fourth-order valence-electron chi connectivity index (χ4n) is 1.31. The number of aromatic nitrogens is 3. The van der Waals surface area contributed by atoms with Crippen molar-refractivity contribution in [2.45, 2.75) is 6.73 Å². The second kappa shape index (κ2) is 5.28. The summed E-state index contributed by atoms with van der Waals surface area (Å²) < 4.78 is 11.8. The number of hydrogen-bond donors (Lipinski definition) is 1. The standard InChI is InChI=1S/C11H11N3O4/c1-17-7-14-11(12-6-13-14)18-9-4-2-8(3-5-9)10(15)16/h2-6H,7H2,1H3,(H,15,16). The molecule has 1 heterocycles. The van der Waals surface area contributed by atoms with E-state index in [1.165, 1.54) is 30.3 Å². The lowest BCUT2D eigenvalue weighted by Crippen LogP contribution is -2.04. The van der Waals surface area contributed by atoms with Gasteiger partial charge in [-0.25, -0.2) is 4.79 Å². The largest absolute Gasteiger partial charge is 0.478 e. The molecule has 1 N–H and O–H groups in total. The maximum absolute atomic E-state index is 10.7. The molecular weight excluding hydrogens is 238 g/mol.